The lowest BCUT2D eigenvalue weighted by atomic mass is 10.1. The molecular weight excluding hydrogens is 266 g/mol. The maximum atomic E-state index is 11.9. The van der Waals surface area contributed by atoms with Crippen LogP contribution in [-0.4, -0.2) is 30.6 Å². The van der Waals surface area contributed by atoms with Crippen molar-refractivity contribution in [3.63, 3.8) is 0 Å². The Morgan fingerprint density at radius 3 is 2.81 bits per heavy atom. The van der Waals surface area contributed by atoms with Gasteiger partial charge in [-0.15, -0.1) is 0 Å². The maximum absolute atomic E-state index is 11.9. The summed E-state index contributed by atoms with van der Waals surface area (Å²) in [5.74, 6) is 0.680. The Balaban J connectivity index is 1.71. The maximum Gasteiger partial charge on any atom is 0.234 e. The number of nitrogens with zero attached hydrogens (tertiary/aromatic N) is 1. The highest BCUT2D eigenvalue weighted by Gasteiger charge is 2.14. The number of hydrogen-bond acceptors (Lipinski definition) is 4. The molecule has 2 N–H and O–H groups in total. The van der Waals surface area contributed by atoms with Gasteiger partial charge in [-0.25, -0.2) is 4.98 Å². The van der Waals surface area contributed by atoms with E-state index >= 15 is 0 Å². The minimum atomic E-state index is 0.0738. The van der Waals surface area contributed by atoms with Crippen molar-refractivity contribution in [1.29, 1.82) is 0 Å². The first-order chi connectivity index (χ1) is 10.3. The largest absolute Gasteiger partial charge is 0.481 e. The van der Waals surface area contributed by atoms with E-state index in [1.165, 1.54) is 25.7 Å². The van der Waals surface area contributed by atoms with Crippen LogP contribution in [0.2, 0.25) is 0 Å². The zero-order chi connectivity index (χ0) is 14.9. The fraction of sp³-hybridized carbons (Fsp3) is 0.625. The number of pyridine rings is 1. The minimum Gasteiger partial charge on any atom is -0.481 e. The lowest BCUT2D eigenvalue weighted by Crippen LogP contribution is -2.40. The van der Waals surface area contributed by atoms with E-state index in [0.717, 1.165) is 18.4 Å². The Morgan fingerprint density at radius 2 is 2.10 bits per heavy atom. The van der Waals surface area contributed by atoms with E-state index in [1.54, 1.807) is 13.3 Å². The molecule has 0 radical (unpaired) electrons. The highest BCUT2D eigenvalue weighted by molar-refractivity contribution is 5.78. The van der Waals surface area contributed by atoms with Crippen LogP contribution in [0, 0.1) is 0 Å². The normalized spacial score (nSPS) is 16.2. The quantitative estimate of drug-likeness (QED) is 0.787. The molecular formula is C16H25N3O2. The summed E-state index contributed by atoms with van der Waals surface area (Å²) in [6, 6.07) is 4.17. The Kier molecular flexibility index (Phi) is 6.47. The minimum absolute atomic E-state index is 0.0738. The lowest BCUT2D eigenvalue weighted by molar-refractivity contribution is -0.121. The smallest absolute Gasteiger partial charge is 0.234 e. The van der Waals surface area contributed by atoms with Crippen LogP contribution < -0.4 is 15.4 Å². The number of amides is 1. The molecule has 0 unspecified atom stereocenters. The van der Waals surface area contributed by atoms with Crippen LogP contribution in [0.15, 0.2) is 18.3 Å². The second-order valence-electron chi connectivity index (χ2n) is 5.53. The molecule has 0 saturated heterocycles. The van der Waals surface area contributed by atoms with Crippen molar-refractivity contribution in [1.82, 2.24) is 15.6 Å². The summed E-state index contributed by atoms with van der Waals surface area (Å²) in [5.41, 5.74) is 0.960. The molecule has 2 rings (SSSR count). The van der Waals surface area contributed by atoms with Gasteiger partial charge in [0.2, 0.25) is 11.8 Å². The molecule has 0 atom stereocenters. The molecule has 1 aromatic heterocycles. The van der Waals surface area contributed by atoms with Crippen molar-refractivity contribution in [2.24, 2.45) is 0 Å². The van der Waals surface area contributed by atoms with Gasteiger partial charge in [0, 0.05) is 24.3 Å². The zero-order valence-electron chi connectivity index (χ0n) is 12.7. The number of methoxy groups -OCH3 is 1. The van der Waals surface area contributed by atoms with Crippen molar-refractivity contribution in [2.75, 3.05) is 13.7 Å². The number of nitrogens with one attached hydrogen (secondary N) is 2. The van der Waals surface area contributed by atoms with E-state index in [0.29, 0.717) is 25.0 Å². The van der Waals surface area contributed by atoms with Crippen molar-refractivity contribution < 1.29 is 9.53 Å². The van der Waals surface area contributed by atoms with Gasteiger partial charge >= 0.3 is 0 Å². The van der Waals surface area contributed by atoms with E-state index < -0.39 is 0 Å². The van der Waals surface area contributed by atoms with Gasteiger partial charge in [-0.1, -0.05) is 31.7 Å². The number of ether oxygens (including phenoxy) is 1. The number of hydrogen-bond donors (Lipinski definition) is 2. The molecule has 0 aliphatic heterocycles. The van der Waals surface area contributed by atoms with E-state index in [2.05, 4.69) is 15.6 Å². The van der Waals surface area contributed by atoms with Gasteiger partial charge < -0.3 is 15.4 Å². The molecule has 0 aromatic carbocycles. The molecule has 116 valence electrons. The summed E-state index contributed by atoms with van der Waals surface area (Å²) in [6.45, 7) is 0.906. The standard InChI is InChI=1S/C16H25N3O2/c1-21-16-13(7-6-10-18-16)11-17-12-15(20)19-14-8-4-2-3-5-9-14/h6-7,10,14,17H,2-5,8-9,11-12H2,1H3,(H,19,20). The molecule has 5 heteroatoms. The van der Waals surface area contributed by atoms with Gasteiger partial charge in [0.05, 0.1) is 13.7 Å². The predicted octanol–water partition coefficient (Wildman–Crippen LogP) is 2.02. The van der Waals surface area contributed by atoms with E-state index in [4.69, 9.17) is 4.74 Å². The summed E-state index contributed by atoms with van der Waals surface area (Å²) in [6.07, 6.45) is 8.97. The van der Waals surface area contributed by atoms with Crippen LogP contribution in [0.5, 0.6) is 5.88 Å². The molecule has 21 heavy (non-hydrogen) atoms. The lowest BCUT2D eigenvalue weighted by Gasteiger charge is -2.16. The van der Waals surface area contributed by atoms with Gasteiger partial charge in [0.1, 0.15) is 0 Å². The Bertz CT molecular complexity index is 443. The third kappa shape index (κ3) is 5.34. The number of rotatable bonds is 6. The number of carbonyl (C=O) groups is 1. The SMILES string of the molecule is COc1ncccc1CNCC(=O)NC1CCCCCC1. The fourth-order valence-electron chi connectivity index (χ4n) is 2.76. The van der Waals surface area contributed by atoms with Gasteiger partial charge in [-0.3, -0.25) is 4.79 Å². The van der Waals surface area contributed by atoms with E-state index in [1.807, 2.05) is 12.1 Å². The first kappa shape index (κ1) is 15.8. The van der Waals surface area contributed by atoms with Gasteiger partial charge in [-0.2, -0.15) is 0 Å². The van der Waals surface area contributed by atoms with Crippen molar-refractivity contribution in [3.8, 4) is 5.88 Å². The van der Waals surface area contributed by atoms with Crippen LogP contribution in [0.25, 0.3) is 0 Å². The molecule has 5 nitrogen and oxygen atoms in total. The molecule has 0 spiro atoms. The molecule has 1 heterocycles. The van der Waals surface area contributed by atoms with Crippen LogP contribution >= 0.6 is 0 Å². The number of carbonyl (C=O) groups excluding carboxylic acids is 1. The summed E-state index contributed by atoms with van der Waals surface area (Å²) in [7, 11) is 1.60. The zero-order valence-corrected chi connectivity index (χ0v) is 12.7. The molecule has 1 aliphatic rings. The highest BCUT2D eigenvalue weighted by Crippen LogP contribution is 2.17. The predicted molar refractivity (Wildman–Crippen MR) is 82.1 cm³/mol. The summed E-state index contributed by atoms with van der Waals surface area (Å²) in [4.78, 5) is 16.1. The molecule has 1 saturated carbocycles. The molecule has 0 bridgehead atoms. The molecule has 1 amide bonds. The topological polar surface area (TPSA) is 63.2 Å². The first-order valence-electron chi connectivity index (χ1n) is 7.77. The second kappa shape index (κ2) is 8.62. The third-order valence-electron chi connectivity index (χ3n) is 3.86. The van der Waals surface area contributed by atoms with Crippen molar-refractivity contribution >= 4 is 5.91 Å². The average Bonchev–Trinajstić information content (AvgIpc) is 2.76. The van der Waals surface area contributed by atoms with Crippen molar-refractivity contribution in [2.45, 2.75) is 51.1 Å². The Labute approximate surface area is 126 Å². The van der Waals surface area contributed by atoms with E-state index in [9.17, 15) is 4.79 Å². The van der Waals surface area contributed by atoms with Crippen molar-refractivity contribution in [3.05, 3.63) is 23.9 Å². The second-order valence-corrected chi connectivity index (χ2v) is 5.53. The fourth-order valence-corrected chi connectivity index (χ4v) is 2.76. The Hall–Kier alpha value is -1.62. The Morgan fingerprint density at radius 1 is 1.33 bits per heavy atom. The monoisotopic (exact) mass is 291 g/mol. The van der Waals surface area contributed by atoms with Gasteiger partial charge in [0.25, 0.3) is 0 Å². The first-order valence-corrected chi connectivity index (χ1v) is 7.77. The summed E-state index contributed by atoms with van der Waals surface area (Å²) in [5, 5.41) is 6.27. The number of aromatic nitrogens is 1. The summed E-state index contributed by atoms with van der Waals surface area (Å²) < 4.78 is 5.19. The molecule has 1 fully saturated rings. The molecule has 1 aliphatic carbocycles. The van der Waals surface area contributed by atoms with Gasteiger partial charge in [0.15, 0.2) is 0 Å². The molecule has 1 aromatic rings. The van der Waals surface area contributed by atoms with E-state index in [-0.39, 0.29) is 5.91 Å². The third-order valence-corrected chi connectivity index (χ3v) is 3.86. The van der Waals surface area contributed by atoms with Crippen LogP contribution in [0.4, 0.5) is 0 Å². The summed E-state index contributed by atoms with van der Waals surface area (Å²) >= 11 is 0. The van der Waals surface area contributed by atoms with Crippen LogP contribution in [0.3, 0.4) is 0 Å². The van der Waals surface area contributed by atoms with Crippen LogP contribution in [-0.2, 0) is 11.3 Å². The van der Waals surface area contributed by atoms with Crippen LogP contribution in [0.1, 0.15) is 44.1 Å². The van der Waals surface area contributed by atoms with Gasteiger partial charge in [-0.05, 0) is 18.9 Å². The average molecular weight is 291 g/mol. The highest BCUT2D eigenvalue weighted by atomic mass is 16.5.